The number of oxime groups is 1. The number of aliphatic carboxylic acids is 2. The number of rotatable bonds is 14. The Kier molecular flexibility index (Phi) is 10.4. The van der Waals surface area contributed by atoms with E-state index in [0.29, 0.717) is 11.3 Å². The Labute approximate surface area is 282 Å². The van der Waals surface area contributed by atoms with Crippen LogP contribution in [0.5, 0.6) is 0 Å². The summed E-state index contributed by atoms with van der Waals surface area (Å²) in [5, 5.41) is 28.5. The lowest BCUT2D eigenvalue weighted by Crippen LogP contribution is -2.71. The number of pyridine rings is 1. The number of carboxylic acids is 2. The van der Waals surface area contributed by atoms with Gasteiger partial charge < -0.3 is 36.0 Å². The molecule has 0 aromatic carbocycles. The number of aromatic nitrogens is 3. The van der Waals surface area contributed by atoms with Crippen LogP contribution < -0.4 is 20.9 Å². The molecule has 0 aliphatic carbocycles. The molecule has 5 heterocycles. The largest absolute Gasteiger partial charge is 0.478 e. The molecule has 3 aromatic rings. The van der Waals surface area contributed by atoms with Crippen molar-refractivity contribution < 1.29 is 38.8 Å². The molecule has 47 heavy (non-hydrogen) atoms. The Hall–Kier alpha value is -4.19. The highest BCUT2D eigenvalue weighted by molar-refractivity contribution is 8.00. The van der Waals surface area contributed by atoms with Gasteiger partial charge in [0.25, 0.3) is 11.8 Å². The van der Waals surface area contributed by atoms with Crippen LogP contribution in [0.15, 0.2) is 47.0 Å². The molecule has 3 aromatic heterocycles. The number of nitrogens with one attached hydrogen (secondary N) is 2. The Bertz CT molecular complexity index is 1790. The summed E-state index contributed by atoms with van der Waals surface area (Å²) < 4.78 is 4.11. The van der Waals surface area contributed by atoms with E-state index in [9.17, 15) is 29.4 Å². The first-order chi connectivity index (χ1) is 22.4. The minimum Gasteiger partial charge on any atom is -0.478 e. The molecule has 6 N–H and O–H groups in total. The number of carbonyl (C=O) groups excluding carboxylic acids is 2. The van der Waals surface area contributed by atoms with E-state index < -0.39 is 52.9 Å². The third-order valence-electron chi connectivity index (χ3n) is 7.69. The first-order valence-corrected chi connectivity index (χ1v) is 16.9. The molecule has 3 atom stereocenters. The van der Waals surface area contributed by atoms with Crippen molar-refractivity contribution in [1.29, 1.82) is 0 Å². The van der Waals surface area contributed by atoms with Crippen molar-refractivity contribution >= 4 is 80.3 Å². The Morgan fingerprint density at radius 3 is 2.70 bits per heavy atom. The number of fused-ring (bicyclic) bond motifs is 2. The van der Waals surface area contributed by atoms with Crippen molar-refractivity contribution in [2.24, 2.45) is 11.1 Å². The van der Waals surface area contributed by atoms with Crippen molar-refractivity contribution in [2.75, 3.05) is 25.1 Å². The number of carboxylic acid groups (broad SMARTS) is 2. The number of carbonyl (C=O) groups is 4. The maximum atomic E-state index is 13.5. The SMILES string of the molecule is CNCCCn1ccc2c1ccc[n+]2CC1=C(C(=O)O)N2C(=O)[C@@H](NC(=O)/C(=N\O[C@H](C(=O)O)C(C)C)c3nc(N)sc3Cl)[C@H]2SC1. The molecule has 2 amide bonds. The fourth-order valence-corrected chi connectivity index (χ4v) is 7.68. The van der Waals surface area contributed by atoms with Gasteiger partial charge in [0.15, 0.2) is 23.6 Å². The van der Waals surface area contributed by atoms with E-state index in [1.807, 2.05) is 42.2 Å². The molecule has 1 fully saturated rings. The average molecular weight is 706 g/mol. The molecule has 0 radical (unpaired) electrons. The van der Waals surface area contributed by atoms with Gasteiger partial charge >= 0.3 is 11.9 Å². The molecule has 2 aliphatic heterocycles. The number of hydrogen-bond donors (Lipinski definition) is 5. The molecule has 250 valence electrons. The number of nitrogens with two attached hydrogens (primary N) is 1. The summed E-state index contributed by atoms with van der Waals surface area (Å²) in [4.78, 5) is 61.5. The Balaban J connectivity index is 1.37. The lowest BCUT2D eigenvalue weighted by Gasteiger charge is -2.49. The lowest BCUT2D eigenvalue weighted by molar-refractivity contribution is -0.663. The molecule has 5 rings (SSSR count). The van der Waals surface area contributed by atoms with Crippen LogP contribution in [0, 0.1) is 5.92 Å². The van der Waals surface area contributed by atoms with Gasteiger partial charge in [-0.1, -0.05) is 41.9 Å². The number of aryl methyl sites for hydroxylation is 1. The molecule has 2 aliphatic rings. The zero-order chi connectivity index (χ0) is 34.0. The summed E-state index contributed by atoms with van der Waals surface area (Å²) in [7, 11) is 1.91. The van der Waals surface area contributed by atoms with Crippen LogP contribution in [-0.2, 0) is 37.1 Å². The van der Waals surface area contributed by atoms with Gasteiger partial charge in [-0.15, -0.1) is 11.8 Å². The third-order valence-corrected chi connectivity index (χ3v) is 10.1. The van der Waals surface area contributed by atoms with E-state index >= 15 is 0 Å². The summed E-state index contributed by atoms with van der Waals surface area (Å²) in [5.41, 5.74) is 7.50. The van der Waals surface area contributed by atoms with E-state index in [0.717, 1.165) is 41.9 Å². The number of thiazole rings is 1. The number of thioether (sulfide) groups is 1. The van der Waals surface area contributed by atoms with Crippen molar-refractivity contribution in [3.8, 4) is 0 Å². The molecule has 0 unspecified atom stereocenters. The second-order valence-corrected chi connectivity index (χ2v) is 14.0. The van der Waals surface area contributed by atoms with Crippen LogP contribution in [0.1, 0.15) is 26.0 Å². The maximum Gasteiger partial charge on any atom is 0.352 e. The van der Waals surface area contributed by atoms with Crippen molar-refractivity contribution in [3.05, 3.63) is 51.9 Å². The summed E-state index contributed by atoms with van der Waals surface area (Å²) in [5.74, 6) is -4.30. The van der Waals surface area contributed by atoms with Crippen LogP contribution in [0.4, 0.5) is 5.13 Å². The van der Waals surface area contributed by atoms with Crippen molar-refractivity contribution in [2.45, 2.75) is 50.9 Å². The van der Waals surface area contributed by atoms with Gasteiger partial charge in [-0.05, 0) is 26.1 Å². The van der Waals surface area contributed by atoms with E-state index in [1.54, 1.807) is 13.8 Å². The van der Waals surface area contributed by atoms with Crippen LogP contribution in [0.2, 0.25) is 4.34 Å². The van der Waals surface area contributed by atoms with Gasteiger partial charge in [0.1, 0.15) is 32.7 Å². The smallest absolute Gasteiger partial charge is 0.352 e. The fourth-order valence-electron chi connectivity index (χ4n) is 5.41. The van der Waals surface area contributed by atoms with Crippen LogP contribution in [0.25, 0.3) is 11.0 Å². The highest BCUT2D eigenvalue weighted by Crippen LogP contribution is 2.40. The van der Waals surface area contributed by atoms with Gasteiger partial charge in [0, 0.05) is 42.1 Å². The number of nitrogen functional groups attached to an aromatic ring is 1. The van der Waals surface area contributed by atoms with Crippen LogP contribution >= 0.6 is 34.7 Å². The molecular weight excluding hydrogens is 672 g/mol. The van der Waals surface area contributed by atoms with E-state index in [2.05, 4.69) is 25.3 Å². The Morgan fingerprint density at radius 2 is 2.06 bits per heavy atom. The molecular formula is C29H34ClN8O7S2+. The van der Waals surface area contributed by atoms with Gasteiger partial charge in [-0.2, -0.15) is 4.57 Å². The predicted octanol–water partition coefficient (Wildman–Crippen LogP) is 1.50. The van der Waals surface area contributed by atoms with E-state index in [1.165, 1.54) is 16.7 Å². The minimum absolute atomic E-state index is 0.00611. The number of halogens is 1. The summed E-state index contributed by atoms with van der Waals surface area (Å²) >= 11 is 8.43. The minimum atomic E-state index is -1.38. The molecule has 0 saturated carbocycles. The number of anilines is 1. The predicted molar refractivity (Wildman–Crippen MR) is 176 cm³/mol. The summed E-state index contributed by atoms with van der Waals surface area (Å²) in [6, 6.07) is 4.80. The molecule has 0 spiro atoms. The van der Waals surface area contributed by atoms with E-state index in [4.69, 9.17) is 22.2 Å². The van der Waals surface area contributed by atoms with Gasteiger partial charge in [-0.25, -0.2) is 14.6 Å². The zero-order valence-corrected chi connectivity index (χ0v) is 28.1. The normalized spacial score (nSPS) is 18.7. The molecule has 0 bridgehead atoms. The fraction of sp³-hybridized carbons (Fsp3) is 0.414. The standard InChI is InChI=1S/C29H33ClN8O7S2/c1-14(2)22(28(43)44)45-35-19(18-23(30)47-29(31)34-18)24(39)33-20-25(40)38-21(27(41)42)15(13-46-26(20)38)12-37-9-4-6-16-17(37)7-11-36(16)10-5-8-32-3/h4,6-7,9,11,14,20,22,26,32H,5,8,10,12-13H2,1-3H3,(H4-,31,33,34,39,41,42,43,44)/p+1/b35-19-/t20-,22+,26-/m1/s1. The van der Waals surface area contributed by atoms with Crippen molar-refractivity contribution in [1.82, 2.24) is 25.1 Å². The summed E-state index contributed by atoms with van der Waals surface area (Å²) in [6.45, 7) is 5.16. The second-order valence-electron chi connectivity index (χ2n) is 11.2. The van der Waals surface area contributed by atoms with E-state index in [-0.39, 0.29) is 27.4 Å². The number of β-lactam (4-membered cyclic amide) rings is 1. The van der Waals surface area contributed by atoms with Gasteiger partial charge in [0.2, 0.25) is 11.6 Å². The molecule has 15 nitrogen and oxygen atoms in total. The molecule has 18 heteroatoms. The monoisotopic (exact) mass is 705 g/mol. The van der Waals surface area contributed by atoms with Crippen molar-refractivity contribution in [3.63, 3.8) is 0 Å². The summed E-state index contributed by atoms with van der Waals surface area (Å²) in [6.07, 6.45) is 3.44. The zero-order valence-electron chi connectivity index (χ0n) is 25.7. The number of hydrogen-bond acceptors (Lipinski definition) is 11. The van der Waals surface area contributed by atoms with Crippen LogP contribution in [0.3, 0.4) is 0 Å². The van der Waals surface area contributed by atoms with Gasteiger partial charge in [-0.3, -0.25) is 14.5 Å². The quantitative estimate of drug-likeness (QED) is 0.0534. The Morgan fingerprint density at radius 1 is 1.30 bits per heavy atom. The maximum absolute atomic E-state index is 13.5. The van der Waals surface area contributed by atoms with Crippen LogP contribution in [-0.4, -0.2) is 91.0 Å². The first-order valence-electron chi connectivity index (χ1n) is 14.6. The highest BCUT2D eigenvalue weighted by atomic mass is 35.5. The van der Waals surface area contributed by atoms with Gasteiger partial charge in [0.05, 0.1) is 0 Å². The third kappa shape index (κ3) is 6.93. The number of nitrogens with zero attached hydrogens (tertiary/aromatic N) is 5. The number of amides is 2. The lowest BCUT2D eigenvalue weighted by atomic mass is 10.0. The average Bonchev–Trinajstić information content (AvgIpc) is 3.59. The molecule has 1 saturated heterocycles. The first kappa shape index (κ1) is 34.2. The highest BCUT2D eigenvalue weighted by Gasteiger charge is 2.55. The topological polar surface area (TPSA) is 205 Å². The second kappa shape index (κ2) is 14.3.